The topological polar surface area (TPSA) is 32.5 Å². The molecule has 100 valence electrons. The summed E-state index contributed by atoms with van der Waals surface area (Å²) in [6, 6.07) is 12.5. The van der Waals surface area contributed by atoms with Crippen LogP contribution < -0.4 is 10.6 Å². The molecule has 1 aliphatic rings. The van der Waals surface area contributed by atoms with Gasteiger partial charge in [-0.2, -0.15) is 0 Å². The molecule has 0 amide bonds. The predicted molar refractivity (Wildman–Crippen MR) is 82.7 cm³/mol. The fourth-order valence-electron chi connectivity index (χ4n) is 2.51. The van der Waals surface area contributed by atoms with E-state index in [1.165, 1.54) is 10.6 Å². The second-order valence-electron chi connectivity index (χ2n) is 4.94. The van der Waals surface area contributed by atoms with Crippen LogP contribution in [0.1, 0.15) is 4.88 Å². The third-order valence-electron chi connectivity index (χ3n) is 3.57. The van der Waals surface area contributed by atoms with Crippen LogP contribution in [0.2, 0.25) is 0 Å². The number of piperazine rings is 1. The molecule has 0 saturated carbocycles. The minimum atomic E-state index is 0.846. The van der Waals surface area contributed by atoms with Crippen molar-refractivity contribution in [2.24, 2.45) is 0 Å². The van der Waals surface area contributed by atoms with E-state index in [2.05, 4.69) is 39.4 Å². The van der Waals surface area contributed by atoms with Crippen LogP contribution in [0, 0.1) is 0 Å². The Balaban J connectivity index is 1.57. The van der Waals surface area contributed by atoms with Crippen molar-refractivity contribution >= 4 is 22.7 Å². The van der Waals surface area contributed by atoms with Crippen LogP contribution in [-0.2, 0) is 6.54 Å². The molecule has 0 bridgehead atoms. The van der Waals surface area contributed by atoms with Crippen molar-refractivity contribution in [3.05, 3.63) is 46.7 Å². The molecule has 3 rings (SSSR count). The zero-order chi connectivity index (χ0) is 13.1. The summed E-state index contributed by atoms with van der Waals surface area (Å²) in [5.74, 6) is 0. The van der Waals surface area contributed by atoms with E-state index in [-0.39, 0.29) is 0 Å². The number of benzene rings is 1. The van der Waals surface area contributed by atoms with E-state index < -0.39 is 0 Å². The minimum Gasteiger partial charge on any atom is -0.399 e. The van der Waals surface area contributed by atoms with Gasteiger partial charge in [0.2, 0.25) is 0 Å². The van der Waals surface area contributed by atoms with Crippen molar-refractivity contribution in [1.29, 1.82) is 0 Å². The lowest BCUT2D eigenvalue weighted by molar-refractivity contribution is 0.252. The first-order valence-corrected chi connectivity index (χ1v) is 7.54. The Morgan fingerprint density at radius 1 is 1.05 bits per heavy atom. The number of nitrogens with two attached hydrogens (primary N) is 1. The molecule has 1 aliphatic heterocycles. The Kier molecular flexibility index (Phi) is 3.71. The quantitative estimate of drug-likeness (QED) is 0.873. The molecule has 2 heterocycles. The van der Waals surface area contributed by atoms with Gasteiger partial charge in [0.05, 0.1) is 0 Å². The molecule has 1 aromatic heterocycles. The highest BCUT2D eigenvalue weighted by Gasteiger charge is 2.17. The summed E-state index contributed by atoms with van der Waals surface area (Å²) in [4.78, 5) is 6.40. The minimum absolute atomic E-state index is 0.846. The van der Waals surface area contributed by atoms with Crippen molar-refractivity contribution in [2.75, 3.05) is 36.8 Å². The molecule has 19 heavy (non-hydrogen) atoms. The van der Waals surface area contributed by atoms with Gasteiger partial charge < -0.3 is 10.6 Å². The molecule has 0 spiro atoms. The number of anilines is 2. The first-order valence-electron chi connectivity index (χ1n) is 6.66. The molecule has 0 aliphatic carbocycles. The molecular weight excluding hydrogens is 254 g/mol. The number of thiophene rings is 1. The van der Waals surface area contributed by atoms with E-state index in [1.54, 1.807) is 0 Å². The Morgan fingerprint density at radius 3 is 2.58 bits per heavy atom. The van der Waals surface area contributed by atoms with E-state index in [0.717, 1.165) is 38.4 Å². The lowest BCUT2D eigenvalue weighted by Crippen LogP contribution is -2.45. The lowest BCUT2D eigenvalue weighted by Gasteiger charge is -2.36. The Morgan fingerprint density at radius 2 is 1.89 bits per heavy atom. The number of hydrogen-bond acceptors (Lipinski definition) is 4. The summed E-state index contributed by atoms with van der Waals surface area (Å²) in [5.41, 5.74) is 7.94. The van der Waals surface area contributed by atoms with Crippen LogP contribution in [0.25, 0.3) is 0 Å². The SMILES string of the molecule is Nc1cccc(N2CCN(Cc3cccs3)CC2)c1. The first-order chi connectivity index (χ1) is 9.31. The average Bonchev–Trinajstić information content (AvgIpc) is 2.92. The van der Waals surface area contributed by atoms with Crippen molar-refractivity contribution in [3.63, 3.8) is 0 Å². The molecule has 1 saturated heterocycles. The fraction of sp³-hybridized carbons (Fsp3) is 0.333. The van der Waals surface area contributed by atoms with Gasteiger partial charge in [0, 0.05) is 49.0 Å². The highest BCUT2D eigenvalue weighted by molar-refractivity contribution is 7.09. The molecular formula is C15H19N3S. The number of hydrogen-bond donors (Lipinski definition) is 1. The Labute approximate surface area is 118 Å². The highest BCUT2D eigenvalue weighted by Crippen LogP contribution is 2.20. The summed E-state index contributed by atoms with van der Waals surface area (Å²) in [5, 5.41) is 2.15. The largest absolute Gasteiger partial charge is 0.399 e. The Bertz CT molecular complexity index is 516. The van der Waals surface area contributed by atoms with E-state index in [1.807, 2.05) is 23.5 Å². The van der Waals surface area contributed by atoms with Gasteiger partial charge in [-0.3, -0.25) is 4.90 Å². The van der Waals surface area contributed by atoms with Gasteiger partial charge in [0.1, 0.15) is 0 Å². The van der Waals surface area contributed by atoms with Gasteiger partial charge in [0.15, 0.2) is 0 Å². The molecule has 2 N–H and O–H groups in total. The van der Waals surface area contributed by atoms with Gasteiger partial charge in [-0.1, -0.05) is 12.1 Å². The predicted octanol–water partition coefficient (Wildman–Crippen LogP) is 2.65. The zero-order valence-electron chi connectivity index (χ0n) is 11.0. The van der Waals surface area contributed by atoms with Crippen molar-refractivity contribution in [2.45, 2.75) is 6.54 Å². The second kappa shape index (κ2) is 5.63. The van der Waals surface area contributed by atoms with Gasteiger partial charge in [0.25, 0.3) is 0 Å². The van der Waals surface area contributed by atoms with Gasteiger partial charge in [-0.25, -0.2) is 0 Å². The van der Waals surface area contributed by atoms with Crippen LogP contribution in [0.5, 0.6) is 0 Å². The number of nitrogen functional groups attached to an aromatic ring is 1. The van der Waals surface area contributed by atoms with Crippen LogP contribution in [0.15, 0.2) is 41.8 Å². The van der Waals surface area contributed by atoms with Crippen LogP contribution in [-0.4, -0.2) is 31.1 Å². The molecule has 1 fully saturated rings. The van der Waals surface area contributed by atoms with Gasteiger partial charge in [-0.15, -0.1) is 11.3 Å². The number of rotatable bonds is 3. The van der Waals surface area contributed by atoms with E-state index in [4.69, 9.17) is 5.73 Å². The molecule has 0 unspecified atom stereocenters. The molecule has 2 aromatic rings. The summed E-state index contributed by atoms with van der Waals surface area (Å²) in [7, 11) is 0. The first kappa shape index (κ1) is 12.5. The monoisotopic (exact) mass is 273 g/mol. The maximum Gasteiger partial charge on any atom is 0.0387 e. The second-order valence-corrected chi connectivity index (χ2v) is 5.97. The molecule has 3 nitrogen and oxygen atoms in total. The van der Waals surface area contributed by atoms with Crippen molar-refractivity contribution in [3.8, 4) is 0 Å². The molecule has 1 aromatic carbocycles. The van der Waals surface area contributed by atoms with E-state index in [9.17, 15) is 0 Å². The highest BCUT2D eigenvalue weighted by atomic mass is 32.1. The third-order valence-corrected chi connectivity index (χ3v) is 4.43. The Hall–Kier alpha value is -1.52. The van der Waals surface area contributed by atoms with Crippen LogP contribution in [0.3, 0.4) is 0 Å². The van der Waals surface area contributed by atoms with Gasteiger partial charge in [-0.05, 0) is 29.6 Å². The molecule has 0 atom stereocenters. The van der Waals surface area contributed by atoms with Crippen LogP contribution >= 0.6 is 11.3 Å². The zero-order valence-corrected chi connectivity index (χ0v) is 11.8. The fourth-order valence-corrected chi connectivity index (χ4v) is 3.25. The van der Waals surface area contributed by atoms with E-state index >= 15 is 0 Å². The summed E-state index contributed by atoms with van der Waals surface area (Å²) < 4.78 is 0. The maximum absolute atomic E-state index is 5.85. The maximum atomic E-state index is 5.85. The van der Waals surface area contributed by atoms with Crippen molar-refractivity contribution < 1.29 is 0 Å². The van der Waals surface area contributed by atoms with E-state index in [0.29, 0.717) is 0 Å². The van der Waals surface area contributed by atoms with Crippen molar-refractivity contribution in [1.82, 2.24) is 4.90 Å². The normalized spacial score (nSPS) is 16.7. The van der Waals surface area contributed by atoms with Crippen LogP contribution in [0.4, 0.5) is 11.4 Å². The number of nitrogens with zero attached hydrogens (tertiary/aromatic N) is 2. The van der Waals surface area contributed by atoms with Gasteiger partial charge >= 0.3 is 0 Å². The standard InChI is InChI=1S/C15H19N3S/c16-13-3-1-4-14(11-13)18-8-6-17(7-9-18)12-15-5-2-10-19-15/h1-5,10-11H,6-9,12,16H2. The summed E-state index contributed by atoms with van der Waals surface area (Å²) >= 11 is 1.84. The summed E-state index contributed by atoms with van der Waals surface area (Å²) in [6.45, 7) is 5.48. The average molecular weight is 273 g/mol. The molecule has 0 radical (unpaired) electrons. The summed E-state index contributed by atoms with van der Waals surface area (Å²) in [6.07, 6.45) is 0. The smallest absolute Gasteiger partial charge is 0.0387 e. The third kappa shape index (κ3) is 3.08. The lowest BCUT2D eigenvalue weighted by atomic mass is 10.2. The molecule has 4 heteroatoms.